The lowest BCUT2D eigenvalue weighted by molar-refractivity contribution is 0.0696. The Morgan fingerprint density at radius 2 is 2.20 bits per heavy atom. The summed E-state index contributed by atoms with van der Waals surface area (Å²) in [4.78, 5) is 17.3. The molecule has 0 fully saturated rings. The molecular weight excluding hydrogens is 256 g/mol. The van der Waals surface area contributed by atoms with Crippen LogP contribution in [-0.4, -0.2) is 32.4 Å². The maximum atomic E-state index is 10.8. The molecule has 6 heteroatoms. The fourth-order valence-corrected chi connectivity index (χ4v) is 2.58. The minimum atomic E-state index is -0.950. The summed E-state index contributed by atoms with van der Waals surface area (Å²) < 4.78 is 1.93. The molecule has 2 aromatic rings. The lowest BCUT2D eigenvalue weighted by Crippen LogP contribution is -2.23. The summed E-state index contributed by atoms with van der Waals surface area (Å²) in [5.41, 5.74) is 2.70. The number of carbonyl (C=O) groups is 1. The summed E-state index contributed by atoms with van der Waals surface area (Å²) in [6, 6.07) is 3.37. The molecule has 0 unspecified atom stereocenters. The van der Waals surface area contributed by atoms with Crippen LogP contribution in [0.5, 0.6) is 0 Å². The van der Waals surface area contributed by atoms with Crippen LogP contribution in [0.25, 0.3) is 0 Å². The van der Waals surface area contributed by atoms with Gasteiger partial charge in [0.1, 0.15) is 5.82 Å². The van der Waals surface area contributed by atoms with Crippen molar-refractivity contribution in [3.05, 3.63) is 41.3 Å². The van der Waals surface area contributed by atoms with Crippen molar-refractivity contribution >= 4 is 11.8 Å². The third-order valence-electron chi connectivity index (χ3n) is 3.67. The Morgan fingerprint density at radius 1 is 1.35 bits per heavy atom. The van der Waals surface area contributed by atoms with Crippen LogP contribution in [0.4, 0.5) is 5.82 Å². The smallest absolute Gasteiger partial charge is 0.337 e. The number of carboxylic acid groups (broad SMARTS) is 1. The molecule has 0 bridgehead atoms. The average Bonchev–Trinajstić information content (AvgIpc) is 2.68. The maximum Gasteiger partial charge on any atom is 0.337 e. The van der Waals surface area contributed by atoms with Crippen LogP contribution in [0.1, 0.15) is 28.0 Å². The van der Waals surface area contributed by atoms with Gasteiger partial charge in [-0.15, -0.1) is 0 Å². The van der Waals surface area contributed by atoms with E-state index in [1.807, 2.05) is 17.9 Å². The molecule has 3 rings (SSSR count). The normalized spacial score (nSPS) is 14.8. The molecule has 6 nitrogen and oxygen atoms in total. The van der Waals surface area contributed by atoms with E-state index < -0.39 is 5.97 Å². The summed E-state index contributed by atoms with van der Waals surface area (Å²) in [7, 11) is 1.97. The van der Waals surface area contributed by atoms with E-state index >= 15 is 0 Å². The van der Waals surface area contributed by atoms with Gasteiger partial charge >= 0.3 is 5.97 Å². The molecule has 0 saturated carbocycles. The van der Waals surface area contributed by atoms with Crippen LogP contribution in [0, 0.1) is 0 Å². The largest absolute Gasteiger partial charge is 0.478 e. The second kappa shape index (κ2) is 4.96. The summed E-state index contributed by atoms with van der Waals surface area (Å²) in [5.74, 6) is -0.138. The van der Waals surface area contributed by atoms with Crippen molar-refractivity contribution in [2.75, 3.05) is 11.4 Å². The molecule has 2 aromatic heterocycles. The van der Waals surface area contributed by atoms with Gasteiger partial charge < -0.3 is 10.0 Å². The molecule has 1 N–H and O–H groups in total. The van der Waals surface area contributed by atoms with E-state index in [4.69, 9.17) is 5.11 Å². The molecule has 104 valence electrons. The number of pyridine rings is 1. The van der Waals surface area contributed by atoms with Gasteiger partial charge in [0.05, 0.1) is 11.8 Å². The fourth-order valence-electron chi connectivity index (χ4n) is 2.58. The Labute approximate surface area is 116 Å². The topological polar surface area (TPSA) is 71.2 Å². The Balaban J connectivity index is 1.85. The van der Waals surface area contributed by atoms with E-state index in [9.17, 15) is 4.79 Å². The SMILES string of the molecule is Cn1ncc2c1CCCN(c1ccc(C(=O)O)cn1)C2. The molecule has 0 amide bonds. The third kappa shape index (κ3) is 2.24. The number of fused-ring (bicyclic) bond motifs is 1. The van der Waals surface area contributed by atoms with E-state index in [1.165, 1.54) is 17.5 Å². The second-order valence-electron chi connectivity index (χ2n) is 4.98. The van der Waals surface area contributed by atoms with Crippen molar-refractivity contribution in [3.63, 3.8) is 0 Å². The minimum absolute atomic E-state index is 0.214. The van der Waals surface area contributed by atoms with Crippen molar-refractivity contribution in [1.29, 1.82) is 0 Å². The maximum absolute atomic E-state index is 10.8. The molecule has 0 atom stereocenters. The minimum Gasteiger partial charge on any atom is -0.478 e. The molecule has 3 heterocycles. The molecule has 0 spiro atoms. The molecule has 0 saturated heterocycles. The Kier molecular flexibility index (Phi) is 3.14. The molecule has 20 heavy (non-hydrogen) atoms. The van der Waals surface area contributed by atoms with Gasteiger partial charge in [-0.1, -0.05) is 0 Å². The number of aryl methyl sites for hydroxylation is 1. The van der Waals surface area contributed by atoms with Gasteiger partial charge in [-0.3, -0.25) is 4.68 Å². The zero-order valence-electron chi connectivity index (χ0n) is 11.3. The van der Waals surface area contributed by atoms with Crippen LogP contribution >= 0.6 is 0 Å². The van der Waals surface area contributed by atoms with Crippen LogP contribution < -0.4 is 4.90 Å². The van der Waals surface area contributed by atoms with E-state index in [1.54, 1.807) is 12.1 Å². The molecule has 1 aliphatic rings. The Hall–Kier alpha value is -2.37. The molecular formula is C14H16N4O2. The third-order valence-corrected chi connectivity index (χ3v) is 3.67. The van der Waals surface area contributed by atoms with Gasteiger partial charge in [-0.25, -0.2) is 9.78 Å². The number of nitrogens with zero attached hydrogens (tertiary/aromatic N) is 4. The first-order chi connectivity index (χ1) is 9.65. The lowest BCUT2D eigenvalue weighted by Gasteiger charge is -2.21. The zero-order chi connectivity index (χ0) is 14.1. The van der Waals surface area contributed by atoms with E-state index in [-0.39, 0.29) is 5.56 Å². The predicted octanol–water partition coefficient (Wildman–Crippen LogP) is 1.47. The number of carboxylic acids is 1. The van der Waals surface area contributed by atoms with Gasteiger partial charge in [0.2, 0.25) is 0 Å². The monoisotopic (exact) mass is 272 g/mol. The zero-order valence-corrected chi connectivity index (χ0v) is 11.3. The summed E-state index contributed by atoms with van der Waals surface area (Å²) >= 11 is 0. The highest BCUT2D eigenvalue weighted by Crippen LogP contribution is 2.22. The molecule has 0 radical (unpaired) electrons. The lowest BCUT2D eigenvalue weighted by atomic mass is 10.2. The van der Waals surface area contributed by atoms with Crippen LogP contribution in [0.2, 0.25) is 0 Å². The molecule has 1 aliphatic heterocycles. The Morgan fingerprint density at radius 3 is 2.90 bits per heavy atom. The first-order valence-corrected chi connectivity index (χ1v) is 6.59. The standard InChI is InChI=1S/C14H16N4O2/c1-17-12-3-2-6-18(9-11(12)8-16-17)13-5-4-10(7-15-13)14(19)20/h4-5,7-8H,2-3,6,9H2,1H3,(H,19,20). The van der Waals surface area contributed by atoms with E-state index in [0.717, 1.165) is 31.7 Å². The quantitative estimate of drug-likeness (QED) is 0.896. The number of anilines is 1. The summed E-state index contributed by atoms with van der Waals surface area (Å²) in [5, 5.41) is 13.2. The number of hydrogen-bond donors (Lipinski definition) is 1. The summed E-state index contributed by atoms with van der Waals surface area (Å²) in [6.45, 7) is 1.68. The highest BCUT2D eigenvalue weighted by molar-refractivity contribution is 5.87. The summed E-state index contributed by atoms with van der Waals surface area (Å²) in [6.07, 6.45) is 5.36. The van der Waals surface area contributed by atoms with Gasteiger partial charge in [0.15, 0.2) is 0 Å². The van der Waals surface area contributed by atoms with Crippen LogP contribution in [-0.2, 0) is 20.0 Å². The van der Waals surface area contributed by atoms with Gasteiger partial charge in [-0.05, 0) is 25.0 Å². The van der Waals surface area contributed by atoms with Crippen LogP contribution in [0.15, 0.2) is 24.5 Å². The van der Waals surface area contributed by atoms with Crippen molar-refractivity contribution in [2.24, 2.45) is 7.05 Å². The van der Waals surface area contributed by atoms with Crippen molar-refractivity contribution in [1.82, 2.24) is 14.8 Å². The first kappa shape index (κ1) is 12.7. The number of aromatic nitrogens is 3. The van der Waals surface area contributed by atoms with Gasteiger partial charge in [0, 0.05) is 37.6 Å². The first-order valence-electron chi connectivity index (χ1n) is 6.59. The van der Waals surface area contributed by atoms with E-state index in [2.05, 4.69) is 15.0 Å². The number of rotatable bonds is 2. The van der Waals surface area contributed by atoms with Crippen molar-refractivity contribution < 1.29 is 9.90 Å². The molecule has 0 aromatic carbocycles. The molecule has 0 aliphatic carbocycles. The van der Waals surface area contributed by atoms with Crippen molar-refractivity contribution in [3.8, 4) is 0 Å². The van der Waals surface area contributed by atoms with Gasteiger partial charge in [0.25, 0.3) is 0 Å². The van der Waals surface area contributed by atoms with Crippen molar-refractivity contribution in [2.45, 2.75) is 19.4 Å². The number of aromatic carboxylic acids is 1. The second-order valence-corrected chi connectivity index (χ2v) is 4.98. The number of hydrogen-bond acceptors (Lipinski definition) is 4. The Bertz CT molecular complexity index is 633. The fraction of sp³-hybridized carbons (Fsp3) is 0.357. The highest BCUT2D eigenvalue weighted by Gasteiger charge is 2.18. The van der Waals surface area contributed by atoms with Crippen LogP contribution in [0.3, 0.4) is 0 Å². The van der Waals surface area contributed by atoms with E-state index in [0.29, 0.717) is 0 Å². The highest BCUT2D eigenvalue weighted by atomic mass is 16.4. The van der Waals surface area contributed by atoms with Gasteiger partial charge in [-0.2, -0.15) is 5.10 Å². The predicted molar refractivity (Wildman–Crippen MR) is 73.8 cm³/mol. The average molecular weight is 272 g/mol.